The smallest absolute Gasteiger partial charge is 0.341 e. The van der Waals surface area contributed by atoms with Crippen molar-refractivity contribution < 1.29 is 9.08 Å². The monoisotopic (exact) mass is 208 g/mol. The predicted octanol–water partition coefficient (Wildman–Crippen LogP) is -0.726. The first-order chi connectivity index (χ1) is 6.07. The number of nitrogens with two attached hydrogens (primary N) is 2. The van der Waals surface area contributed by atoms with Gasteiger partial charge in [0.2, 0.25) is 0 Å². The molecule has 7 heteroatoms. The molecular weight excluding hydrogens is 196 g/mol. The van der Waals surface area contributed by atoms with E-state index in [1.54, 1.807) is 0 Å². The largest absolute Gasteiger partial charge is 0.370 e. The molecule has 6 nitrogen and oxygen atoms in total. The molecule has 0 saturated carbocycles. The third kappa shape index (κ3) is 6.18. The summed E-state index contributed by atoms with van der Waals surface area (Å²) < 4.78 is 3.91. The number of hydrogen-bond acceptors (Lipinski definition) is 4. The van der Waals surface area contributed by atoms with Crippen LogP contribution in [0.1, 0.15) is 12.8 Å². The van der Waals surface area contributed by atoms with E-state index in [1.165, 1.54) is 0 Å². The van der Waals surface area contributed by atoms with Gasteiger partial charge in [-0.25, -0.2) is 4.79 Å². The molecule has 1 unspecified atom stereocenters. The van der Waals surface area contributed by atoms with Crippen molar-refractivity contribution in [3.63, 3.8) is 0 Å². The van der Waals surface area contributed by atoms with Gasteiger partial charge in [-0.2, -0.15) is 0 Å². The lowest BCUT2D eigenvalue weighted by molar-refractivity contribution is -0.135. The zero-order valence-electron chi connectivity index (χ0n) is 7.05. The summed E-state index contributed by atoms with van der Waals surface area (Å²) in [6.07, 6.45) is 1.05. The quantitative estimate of drug-likeness (QED) is 0.270. The zero-order valence-corrected chi connectivity index (χ0v) is 7.80. The van der Waals surface area contributed by atoms with Gasteiger partial charge in [0.05, 0.1) is 0 Å². The number of guanidine groups is 1. The van der Waals surface area contributed by atoms with Crippen molar-refractivity contribution >= 4 is 23.8 Å². The van der Waals surface area contributed by atoms with Crippen LogP contribution in [0.3, 0.4) is 0 Å². The fraction of sp³-hybridized carbons (Fsp3) is 0.667. The first-order valence-corrected chi connectivity index (χ1v) is 4.04. The summed E-state index contributed by atoms with van der Waals surface area (Å²) >= 11 is 4.81. The fourth-order valence-electron chi connectivity index (χ4n) is 0.720. The molecule has 0 aromatic rings. The predicted molar refractivity (Wildman–Crippen MR) is 49.1 cm³/mol. The second-order valence-corrected chi connectivity index (χ2v) is 2.64. The molecule has 0 spiro atoms. The minimum Gasteiger partial charge on any atom is -0.370 e. The number of hydrogen-bond donors (Lipinski definition) is 4. The molecule has 6 N–H and O–H groups in total. The summed E-state index contributed by atoms with van der Waals surface area (Å²) in [4.78, 5) is 10.7. The molecule has 0 aromatic carbocycles. The van der Waals surface area contributed by atoms with Gasteiger partial charge in [-0.1, -0.05) is 0 Å². The normalized spacial score (nSPS) is 11.8. The molecule has 0 fully saturated rings. The molecule has 0 amide bonds. The molecule has 1 atom stereocenters. The zero-order chi connectivity index (χ0) is 10.3. The lowest BCUT2D eigenvalue weighted by atomic mass is 10.2. The number of carbonyl (C=O) groups is 1. The topological polar surface area (TPSA) is 114 Å². The fourth-order valence-corrected chi connectivity index (χ4v) is 0.835. The standard InChI is InChI=1S/C6H13ClN4O2/c7-13-5(12)4(8)2-1-3-11-6(9)10/h4H,1-3,8H2,(H4,9,10,11). The minimum absolute atomic E-state index is 0.103. The molecule has 0 aromatic heterocycles. The number of carbonyl (C=O) groups excluding carboxylic acids is 1. The van der Waals surface area contributed by atoms with E-state index < -0.39 is 12.0 Å². The molecule has 76 valence electrons. The highest BCUT2D eigenvalue weighted by molar-refractivity contribution is 6.13. The van der Waals surface area contributed by atoms with Gasteiger partial charge < -0.3 is 21.1 Å². The van der Waals surface area contributed by atoms with Crippen molar-refractivity contribution in [2.75, 3.05) is 6.54 Å². The average Bonchev–Trinajstić information content (AvgIpc) is 2.10. The van der Waals surface area contributed by atoms with Crippen LogP contribution in [0, 0.1) is 5.41 Å². The van der Waals surface area contributed by atoms with Gasteiger partial charge in [0.1, 0.15) is 17.9 Å². The summed E-state index contributed by atoms with van der Waals surface area (Å²) in [5.41, 5.74) is 10.4. The van der Waals surface area contributed by atoms with Crippen molar-refractivity contribution in [2.24, 2.45) is 11.5 Å². The van der Waals surface area contributed by atoms with E-state index in [2.05, 4.69) is 9.61 Å². The molecule has 0 aliphatic rings. The Labute approximate surface area is 81.2 Å². The lowest BCUT2D eigenvalue weighted by Crippen LogP contribution is -2.34. The van der Waals surface area contributed by atoms with Crippen LogP contribution in [-0.2, 0) is 9.08 Å². The first-order valence-electron chi connectivity index (χ1n) is 3.74. The van der Waals surface area contributed by atoms with Crippen LogP contribution >= 0.6 is 11.9 Å². The third-order valence-corrected chi connectivity index (χ3v) is 1.54. The molecule has 13 heavy (non-hydrogen) atoms. The summed E-state index contributed by atoms with van der Waals surface area (Å²) in [6.45, 7) is 0.499. The van der Waals surface area contributed by atoms with Crippen molar-refractivity contribution in [3.8, 4) is 0 Å². The van der Waals surface area contributed by atoms with E-state index in [0.717, 1.165) is 0 Å². The highest BCUT2D eigenvalue weighted by atomic mass is 35.5. The summed E-state index contributed by atoms with van der Waals surface area (Å²) in [6, 6.07) is -0.716. The maximum Gasteiger partial charge on any atom is 0.341 e. The summed E-state index contributed by atoms with van der Waals surface area (Å²) in [7, 11) is 0. The van der Waals surface area contributed by atoms with E-state index in [0.29, 0.717) is 19.4 Å². The van der Waals surface area contributed by atoms with Crippen LogP contribution in [0.5, 0.6) is 0 Å². The van der Waals surface area contributed by atoms with E-state index in [1.807, 2.05) is 0 Å². The van der Waals surface area contributed by atoms with Gasteiger partial charge in [-0.3, -0.25) is 5.41 Å². The first kappa shape index (κ1) is 12.0. The van der Waals surface area contributed by atoms with Gasteiger partial charge in [0, 0.05) is 6.54 Å². The Morgan fingerprint density at radius 1 is 1.69 bits per heavy atom. The molecule has 0 saturated heterocycles. The summed E-state index contributed by atoms with van der Waals surface area (Å²) in [5.74, 6) is -0.752. The molecule has 0 aliphatic carbocycles. The third-order valence-electron chi connectivity index (χ3n) is 1.39. The molecular formula is C6H13ClN4O2. The molecule has 0 rings (SSSR count). The number of nitrogens with one attached hydrogen (secondary N) is 2. The SMILES string of the molecule is N=C(N)NCCCC(N)C(=O)OCl. The van der Waals surface area contributed by atoms with Crippen molar-refractivity contribution in [2.45, 2.75) is 18.9 Å². The second kappa shape index (κ2) is 6.50. The highest BCUT2D eigenvalue weighted by Gasteiger charge is 2.13. The maximum atomic E-state index is 10.7. The number of rotatable bonds is 5. The van der Waals surface area contributed by atoms with E-state index in [4.69, 9.17) is 28.7 Å². The second-order valence-electron chi connectivity index (χ2n) is 2.49. The van der Waals surface area contributed by atoms with Gasteiger partial charge >= 0.3 is 5.97 Å². The van der Waals surface area contributed by atoms with Crippen molar-refractivity contribution in [3.05, 3.63) is 0 Å². The van der Waals surface area contributed by atoms with Crippen LogP contribution in [0.2, 0.25) is 0 Å². The molecule has 0 bridgehead atoms. The number of halogens is 1. The van der Waals surface area contributed by atoms with Crippen LogP contribution < -0.4 is 16.8 Å². The highest BCUT2D eigenvalue weighted by Crippen LogP contribution is 1.97. The Morgan fingerprint density at radius 3 is 2.77 bits per heavy atom. The molecule has 0 aliphatic heterocycles. The Bertz CT molecular complexity index is 187. The molecule has 0 radical (unpaired) electrons. The Morgan fingerprint density at radius 2 is 2.31 bits per heavy atom. The van der Waals surface area contributed by atoms with E-state index in [-0.39, 0.29) is 5.96 Å². The van der Waals surface area contributed by atoms with Crippen LogP contribution in [0.15, 0.2) is 0 Å². The minimum atomic E-state index is -0.716. The van der Waals surface area contributed by atoms with E-state index in [9.17, 15) is 4.79 Å². The van der Waals surface area contributed by atoms with Gasteiger partial charge in [-0.15, -0.1) is 0 Å². The van der Waals surface area contributed by atoms with Crippen LogP contribution in [0.25, 0.3) is 0 Å². The Balaban J connectivity index is 3.42. The van der Waals surface area contributed by atoms with Crippen molar-refractivity contribution in [1.29, 1.82) is 5.41 Å². The van der Waals surface area contributed by atoms with Crippen LogP contribution in [0.4, 0.5) is 0 Å². The maximum absolute atomic E-state index is 10.7. The van der Waals surface area contributed by atoms with E-state index >= 15 is 0 Å². The Kier molecular flexibility index (Phi) is 5.99. The molecule has 0 heterocycles. The van der Waals surface area contributed by atoms with Gasteiger partial charge in [0.25, 0.3) is 0 Å². The Hall–Kier alpha value is -1.01. The van der Waals surface area contributed by atoms with Crippen LogP contribution in [-0.4, -0.2) is 24.5 Å². The van der Waals surface area contributed by atoms with Gasteiger partial charge in [0.15, 0.2) is 5.96 Å². The van der Waals surface area contributed by atoms with Crippen molar-refractivity contribution in [1.82, 2.24) is 5.32 Å². The lowest BCUT2D eigenvalue weighted by Gasteiger charge is -2.07. The van der Waals surface area contributed by atoms with Gasteiger partial charge in [-0.05, 0) is 12.8 Å². The summed E-state index contributed by atoms with van der Waals surface area (Å²) in [5, 5.41) is 9.40. The average molecular weight is 209 g/mol.